The average molecular weight is 284 g/mol. The highest BCUT2D eigenvalue weighted by Crippen LogP contribution is 2.24. The quantitative estimate of drug-likeness (QED) is 0.776. The molecule has 1 aromatic carbocycles. The van der Waals surface area contributed by atoms with Crippen molar-refractivity contribution in [3.05, 3.63) is 41.9 Å². The van der Waals surface area contributed by atoms with Crippen molar-refractivity contribution in [1.29, 1.82) is 0 Å². The smallest absolute Gasteiger partial charge is 0.263 e. The van der Waals surface area contributed by atoms with E-state index in [2.05, 4.69) is 20.4 Å². The molecule has 1 N–H and O–H groups in total. The molecule has 0 atom stereocenters. The number of ether oxygens (including phenoxy) is 1. The minimum Gasteiger partial charge on any atom is -0.497 e. The van der Waals surface area contributed by atoms with Gasteiger partial charge in [0.25, 0.3) is 5.71 Å². The summed E-state index contributed by atoms with van der Waals surface area (Å²) in [7, 11) is 1.66. The van der Waals surface area contributed by atoms with E-state index in [1.807, 2.05) is 31.2 Å². The molecule has 3 rings (SSSR count). The number of hydrogen-bond donors (Lipinski definition) is 1. The van der Waals surface area contributed by atoms with Crippen molar-refractivity contribution < 1.29 is 9.26 Å². The first-order valence-corrected chi connectivity index (χ1v) is 6.78. The molecule has 0 unspecified atom stereocenters. The first-order chi connectivity index (χ1) is 10.3. The second-order valence-corrected chi connectivity index (χ2v) is 4.59. The monoisotopic (exact) mass is 284 g/mol. The van der Waals surface area contributed by atoms with E-state index in [1.54, 1.807) is 7.11 Å². The van der Waals surface area contributed by atoms with E-state index < -0.39 is 0 Å². The van der Waals surface area contributed by atoms with Gasteiger partial charge >= 0.3 is 0 Å². The molecule has 21 heavy (non-hydrogen) atoms. The zero-order chi connectivity index (χ0) is 14.7. The first kappa shape index (κ1) is 13.4. The van der Waals surface area contributed by atoms with Gasteiger partial charge in [-0.1, -0.05) is 24.2 Å². The van der Waals surface area contributed by atoms with Crippen LogP contribution in [-0.4, -0.2) is 22.2 Å². The van der Waals surface area contributed by atoms with Crippen LogP contribution in [0, 0.1) is 0 Å². The van der Waals surface area contributed by atoms with Gasteiger partial charge in [-0.25, -0.2) is 4.98 Å². The third kappa shape index (κ3) is 2.65. The van der Waals surface area contributed by atoms with E-state index in [1.165, 1.54) is 6.33 Å². The van der Waals surface area contributed by atoms with E-state index in [9.17, 15) is 0 Å². The summed E-state index contributed by atoms with van der Waals surface area (Å²) in [5, 5.41) is 8.18. The van der Waals surface area contributed by atoms with E-state index in [-0.39, 0.29) is 0 Å². The molecular weight excluding hydrogens is 268 g/mol. The van der Waals surface area contributed by atoms with Crippen molar-refractivity contribution in [3.8, 4) is 5.75 Å². The molecule has 0 aliphatic heterocycles. The lowest BCUT2D eigenvalue weighted by Crippen LogP contribution is -2.02. The normalized spacial score (nSPS) is 10.8. The Morgan fingerprint density at radius 1 is 1.19 bits per heavy atom. The average Bonchev–Trinajstić information content (AvgIpc) is 2.97. The van der Waals surface area contributed by atoms with Crippen LogP contribution in [0.3, 0.4) is 0 Å². The summed E-state index contributed by atoms with van der Waals surface area (Å²) in [6.45, 7) is 2.68. The molecule has 0 radical (unpaired) electrons. The maximum absolute atomic E-state index is 5.21. The summed E-state index contributed by atoms with van der Waals surface area (Å²) in [6.07, 6.45) is 2.25. The molecule has 0 spiro atoms. The molecule has 108 valence electrons. The summed E-state index contributed by atoms with van der Waals surface area (Å²) >= 11 is 0. The van der Waals surface area contributed by atoms with Gasteiger partial charge in [-0.3, -0.25) is 0 Å². The van der Waals surface area contributed by atoms with Crippen LogP contribution in [0.2, 0.25) is 0 Å². The number of methoxy groups -OCH3 is 1. The summed E-state index contributed by atoms with van der Waals surface area (Å²) < 4.78 is 10.4. The Balaban J connectivity index is 1.82. The Morgan fingerprint density at radius 3 is 2.71 bits per heavy atom. The number of aromatic nitrogens is 3. The molecule has 0 aliphatic carbocycles. The minimum atomic E-state index is 0.513. The Bertz CT molecular complexity index is 737. The summed E-state index contributed by atoms with van der Waals surface area (Å²) in [6, 6.07) is 7.89. The van der Waals surface area contributed by atoms with Crippen LogP contribution >= 0.6 is 0 Å². The van der Waals surface area contributed by atoms with Crippen LogP contribution in [0.5, 0.6) is 5.75 Å². The molecule has 0 saturated heterocycles. The van der Waals surface area contributed by atoms with Crippen molar-refractivity contribution in [2.75, 3.05) is 12.4 Å². The van der Waals surface area contributed by atoms with Gasteiger partial charge in [0.1, 0.15) is 23.3 Å². The van der Waals surface area contributed by atoms with Gasteiger partial charge < -0.3 is 14.6 Å². The number of hydrogen-bond acceptors (Lipinski definition) is 6. The molecule has 6 heteroatoms. The first-order valence-electron chi connectivity index (χ1n) is 6.78. The summed E-state index contributed by atoms with van der Waals surface area (Å²) in [5.74, 6) is 1.59. The standard InChI is InChI=1S/C15H16N4O2/c1-3-12-13-14(17-9-18-15(13)21-19-12)16-8-10-4-6-11(20-2)7-5-10/h4-7,9H,3,8H2,1-2H3,(H,16,17,18). The van der Waals surface area contributed by atoms with Crippen LogP contribution < -0.4 is 10.1 Å². The highest BCUT2D eigenvalue weighted by Gasteiger charge is 2.13. The third-order valence-electron chi connectivity index (χ3n) is 3.30. The Hall–Kier alpha value is -2.63. The fourth-order valence-corrected chi connectivity index (χ4v) is 2.15. The lowest BCUT2D eigenvalue weighted by molar-refractivity contribution is 0.414. The van der Waals surface area contributed by atoms with Crippen LogP contribution in [0.1, 0.15) is 18.2 Å². The fraction of sp³-hybridized carbons (Fsp3) is 0.267. The second-order valence-electron chi connectivity index (χ2n) is 4.59. The lowest BCUT2D eigenvalue weighted by Gasteiger charge is -2.07. The molecule has 6 nitrogen and oxygen atoms in total. The number of aryl methyl sites for hydroxylation is 1. The molecule has 0 bridgehead atoms. The molecule has 2 aromatic heterocycles. The van der Waals surface area contributed by atoms with Gasteiger partial charge in [0.2, 0.25) is 0 Å². The number of anilines is 1. The van der Waals surface area contributed by atoms with Crippen molar-refractivity contribution >= 4 is 16.9 Å². The van der Waals surface area contributed by atoms with Gasteiger partial charge in [-0.15, -0.1) is 0 Å². The molecule has 0 saturated carbocycles. The Labute approximate surface area is 122 Å². The second kappa shape index (κ2) is 5.78. The highest BCUT2D eigenvalue weighted by molar-refractivity contribution is 5.87. The number of rotatable bonds is 5. The van der Waals surface area contributed by atoms with Crippen molar-refractivity contribution in [3.63, 3.8) is 0 Å². The number of nitrogens with one attached hydrogen (secondary N) is 1. The van der Waals surface area contributed by atoms with Gasteiger partial charge in [0, 0.05) is 6.54 Å². The Kier molecular flexibility index (Phi) is 3.68. The predicted molar refractivity (Wildman–Crippen MR) is 79.3 cm³/mol. The SMILES string of the molecule is CCc1noc2ncnc(NCc3ccc(OC)cc3)c12. The van der Waals surface area contributed by atoms with Crippen LogP contribution in [-0.2, 0) is 13.0 Å². The summed E-state index contributed by atoms with van der Waals surface area (Å²) in [5.41, 5.74) is 2.51. The predicted octanol–water partition coefficient (Wildman–Crippen LogP) is 2.80. The van der Waals surface area contributed by atoms with E-state index >= 15 is 0 Å². The maximum atomic E-state index is 5.21. The number of benzene rings is 1. The van der Waals surface area contributed by atoms with E-state index in [0.29, 0.717) is 12.3 Å². The van der Waals surface area contributed by atoms with Gasteiger partial charge in [-0.05, 0) is 24.1 Å². The molecule has 0 aliphatic rings. The lowest BCUT2D eigenvalue weighted by atomic mass is 10.2. The largest absolute Gasteiger partial charge is 0.497 e. The van der Waals surface area contributed by atoms with Crippen molar-refractivity contribution in [1.82, 2.24) is 15.1 Å². The molecule has 2 heterocycles. The third-order valence-corrected chi connectivity index (χ3v) is 3.30. The molecular formula is C15H16N4O2. The molecule has 0 fully saturated rings. The summed E-state index contributed by atoms with van der Waals surface area (Å²) in [4.78, 5) is 8.38. The maximum Gasteiger partial charge on any atom is 0.263 e. The minimum absolute atomic E-state index is 0.513. The van der Waals surface area contributed by atoms with Crippen LogP contribution in [0.4, 0.5) is 5.82 Å². The van der Waals surface area contributed by atoms with E-state index in [4.69, 9.17) is 9.26 Å². The highest BCUT2D eigenvalue weighted by atomic mass is 16.5. The van der Waals surface area contributed by atoms with Gasteiger partial charge in [-0.2, -0.15) is 4.98 Å². The Morgan fingerprint density at radius 2 is 2.00 bits per heavy atom. The fourth-order valence-electron chi connectivity index (χ4n) is 2.15. The van der Waals surface area contributed by atoms with Crippen LogP contribution in [0.15, 0.2) is 35.1 Å². The topological polar surface area (TPSA) is 73.1 Å². The molecule has 0 amide bonds. The zero-order valence-electron chi connectivity index (χ0n) is 12.0. The van der Waals surface area contributed by atoms with Gasteiger partial charge in [0.15, 0.2) is 0 Å². The van der Waals surface area contributed by atoms with Crippen molar-refractivity contribution in [2.45, 2.75) is 19.9 Å². The van der Waals surface area contributed by atoms with Crippen LogP contribution in [0.25, 0.3) is 11.1 Å². The number of nitrogens with zero attached hydrogens (tertiary/aromatic N) is 3. The van der Waals surface area contributed by atoms with Crippen molar-refractivity contribution in [2.24, 2.45) is 0 Å². The zero-order valence-corrected chi connectivity index (χ0v) is 12.0. The van der Waals surface area contributed by atoms with E-state index in [0.717, 1.165) is 34.6 Å². The number of fused-ring (bicyclic) bond motifs is 1. The molecule has 3 aromatic rings. The van der Waals surface area contributed by atoms with Gasteiger partial charge in [0.05, 0.1) is 12.8 Å².